The second-order valence-electron chi connectivity index (χ2n) is 2.25. The van der Waals surface area contributed by atoms with Crippen LogP contribution in [-0.4, -0.2) is 0 Å². The van der Waals surface area contributed by atoms with Gasteiger partial charge in [-0.15, -0.1) is 0 Å². The number of benzene rings is 1. The monoisotopic (exact) mass is 324 g/mol. The number of hydrogen-bond acceptors (Lipinski definition) is 0. The molecule has 0 unspecified atom stereocenters. The number of alkyl halides is 3. The number of hydrogen-bond donors (Lipinski definition) is 0. The molecule has 13 heavy (non-hydrogen) atoms. The van der Waals surface area contributed by atoms with Gasteiger partial charge in [-0.2, -0.15) is 13.2 Å². The molecular formula is C7H2ClF4I. The van der Waals surface area contributed by atoms with Crippen molar-refractivity contribution in [1.82, 2.24) is 0 Å². The quantitative estimate of drug-likeness (QED) is 0.383. The molecule has 0 aliphatic rings. The molecule has 0 bridgehead atoms. The summed E-state index contributed by atoms with van der Waals surface area (Å²) in [5.41, 5.74) is -1.04. The maximum atomic E-state index is 12.6. The molecule has 0 aliphatic heterocycles. The molecule has 1 aromatic rings. The van der Waals surface area contributed by atoms with Gasteiger partial charge in [-0.05, 0) is 34.7 Å². The predicted octanol–water partition coefficient (Wildman–Crippen LogP) is 4.10. The van der Waals surface area contributed by atoms with Crippen molar-refractivity contribution < 1.29 is 17.6 Å². The predicted molar refractivity (Wildman–Crippen MR) is 49.1 cm³/mol. The molecule has 0 atom stereocenters. The second kappa shape index (κ2) is 3.61. The summed E-state index contributed by atoms with van der Waals surface area (Å²) >= 11 is 6.81. The Hall–Kier alpha value is -0.0400. The Balaban J connectivity index is 3.37. The van der Waals surface area contributed by atoms with E-state index in [-0.39, 0.29) is 8.59 Å². The summed E-state index contributed by atoms with van der Waals surface area (Å²) in [7, 11) is 0. The van der Waals surface area contributed by atoms with Crippen LogP contribution >= 0.6 is 34.2 Å². The molecule has 1 aromatic carbocycles. The maximum Gasteiger partial charge on any atom is 0.417 e. The highest BCUT2D eigenvalue weighted by Crippen LogP contribution is 2.36. The first-order valence-electron chi connectivity index (χ1n) is 3.04. The standard InChI is InChI=1S/C7H2ClF4I/c8-5-2-3(9)1-4(6(5)13)7(10,11)12/h1-2H. The van der Waals surface area contributed by atoms with Crippen LogP contribution in [0.25, 0.3) is 0 Å². The minimum absolute atomic E-state index is 0.187. The molecule has 72 valence electrons. The first kappa shape index (κ1) is 11.0. The van der Waals surface area contributed by atoms with Gasteiger partial charge in [0.05, 0.1) is 10.6 Å². The number of halogens is 6. The molecule has 0 aliphatic carbocycles. The van der Waals surface area contributed by atoms with E-state index in [1.807, 2.05) is 0 Å². The molecule has 0 aromatic heterocycles. The Morgan fingerprint density at radius 2 is 1.77 bits per heavy atom. The second-order valence-corrected chi connectivity index (χ2v) is 3.73. The molecule has 0 N–H and O–H groups in total. The van der Waals surface area contributed by atoms with Gasteiger partial charge in [-0.3, -0.25) is 0 Å². The van der Waals surface area contributed by atoms with Crippen molar-refractivity contribution in [1.29, 1.82) is 0 Å². The Morgan fingerprint density at radius 3 is 2.23 bits per heavy atom. The summed E-state index contributed by atoms with van der Waals surface area (Å²) < 4.78 is 48.9. The smallest absolute Gasteiger partial charge is 0.207 e. The van der Waals surface area contributed by atoms with E-state index in [0.717, 1.165) is 6.07 Å². The lowest BCUT2D eigenvalue weighted by atomic mass is 10.2. The van der Waals surface area contributed by atoms with Gasteiger partial charge in [0.1, 0.15) is 5.82 Å². The molecule has 0 heterocycles. The van der Waals surface area contributed by atoms with Gasteiger partial charge in [0, 0.05) is 3.57 Å². The van der Waals surface area contributed by atoms with Crippen molar-refractivity contribution in [3.63, 3.8) is 0 Å². The summed E-state index contributed by atoms with van der Waals surface area (Å²) in [6, 6.07) is 1.27. The van der Waals surface area contributed by atoms with Crippen molar-refractivity contribution in [3.05, 3.63) is 32.1 Å². The molecule has 0 radical (unpaired) electrons. The van der Waals surface area contributed by atoms with E-state index in [1.165, 1.54) is 22.6 Å². The Morgan fingerprint density at radius 1 is 1.23 bits per heavy atom. The number of rotatable bonds is 0. The van der Waals surface area contributed by atoms with Crippen LogP contribution in [0.2, 0.25) is 5.02 Å². The molecule has 6 heteroatoms. The van der Waals surface area contributed by atoms with Gasteiger partial charge < -0.3 is 0 Å². The lowest BCUT2D eigenvalue weighted by molar-refractivity contribution is -0.138. The average Bonchev–Trinajstić information content (AvgIpc) is 1.94. The van der Waals surface area contributed by atoms with E-state index in [2.05, 4.69) is 0 Å². The van der Waals surface area contributed by atoms with Crippen LogP contribution in [-0.2, 0) is 6.18 Å². The topological polar surface area (TPSA) is 0 Å². The zero-order chi connectivity index (χ0) is 10.2. The van der Waals surface area contributed by atoms with Gasteiger partial charge in [0.2, 0.25) is 0 Å². The fraction of sp³-hybridized carbons (Fsp3) is 0.143. The van der Waals surface area contributed by atoms with Crippen LogP contribution < -0.4 is 0 Å². The van der Waals surface area contributed by atoms with Gasteiger partial charge in [0.15, 0.2) is 0 Å². The van der Waals surface area contributed by atoms with Crippen molar-refractivity contribution in [2.75, 3.05) is 0 Å². The summed E-state index contributed by atoms with van der Waals surface area (Å²) in [5.74, 6) is -0.988. The van der Waals surface area contributed by atoms with Gasteiger partial charge in [-0.25, -0.2) is 4.39 Å². The highest BCUT2D eigenvalue weighted by Gasteiger charge is 2.34. The van der Waals surface area contributed by atoms with Crippen LogP contribution in [0.5, 0.6) is 0 Å². The molecule has 0 nitrogen and oxygen atoms in total. The minimum Gasteiger partial charge on any atom is -0.207 e. The SMILES string of the molecule is Fc1cc(Cl)c(I)c(C(F)(F)F)c1. The van der Waals surface area contributed by atoms with Crippen LogP contribution in [0.3, 0.4) is 0 Å². The third-order valence-electron chi connectivity index (χ3n) is 1.30. The molecule has 0 saturated carbocycles. The molecule has 1 rings (SSSR count). The van der Waals surface area contributed by atoms with Gasteiger partial charge in [0.25, 0.3) is 0 Å². The Labute approximate surface area is 90.0 Å². The van der Waals surface area contributed by atoms with E-state index in [9.17, 15) is 17.6 Å². The molecule has 0 saturated heterocycles. The molecular weight excluding hydrogens is 322 g/mol. The molecule has 0 fully saturated rings. The highest BCUT2D eigenvalue weighted by atomic mass is 127. The summed E-state index contributed by atoms with van der Waals surface area (Å²) in [6.45, 7) is 0. The Kier molecular flexibility index (Phi) is 3.06. The van der Waals surface area contributed by atoms with Crippen LogP contribution in [0, 0.1) is 9.39 Å². The van der Waals surface area contributed by atoms with E-state index < -0.39 is 17.6 Å². The van der Waals surface area contributed by atoms with Crippen molar-refractivity contribution in [2.45, 2.75) is 6.18 Å². The van der Waals surface area contributed by atoms with Gasteiger partial charge in [-0.1, -0.05) is 11.6 Å². The fourth-order valence-corrected chi connectivity index (χ4v) is 1.59. The maximum absolute atomic E-state index is 12.6. The zero-order valence-electron chi connectivity index (χ0n) is 5.92. The summed E-state index contributed by atoms with van der Waals surface area (Å²) in [6.07, 6.45) is -4.57. The third-order valence-corrected chi connectivity index (χ3v) is 3.08. The van der Waals surface area contributed by atoms with Gasteiger partial charge >= 0.3 is 6.18 Å². The normalized spacial score (nSPS) is 11.8. The average molecular weight is 324 g/mol. The zero-order valence-corrected chi connectivity index (χ0v) is 8.84. The Bertz CT molecular complexity index is 334. The van der Waals surface area contributed by atoms with Crippen LogP contribution in [0.4, 0.5) is 17.6 Å². The van der Waals surface area contributed by atoms with Crippen molar-refractivity contribution in [2.24, 2.45) is 0 Å². The van der Waals surface area contributed by atoms with E-state index in [1.54, 1.807) is 0 Å². The first-order valence-corrected chi connectivity index (χ1v) is 4.50. The summed E-state index contributed by atoms with van der Waals surface area (Å²) in [4.78, 5) is 0. The lowest BCUT2D eigenvalue weighted by Crippen LogP contribution is -2.08. The van der Waals surface area contributed by atoms with Crippen molar-refractivity contribution >= 4 is 34.2 Å². The van der Waals surface area contributed by atoms with E-state index >= 15 is 0 Å². The third kappa shape index (κ3) is 2.46. The minimum atomic E-state index is -4.57. The fourth-order valence-electron chi connectivity index (χ4n) is 0.762. The summed E-state index contributed by atoms with van der Waals surface area (Å²) in [5, 5.41) is -0.229. The molecule has 0 spiro atoms. The lowest BCUT2D eigenvalue weighted by Gasteiger charge is -2.09. The van der Waals surface area contributed by atoms with Crippen LogP contribution in [0.15, 0.2) is 12.1 Å². The highest BCUT2D eigenvalue weighted by molar-refractivity contribution is 14.1. The van der Waals surface area contributed by atoms with Crippen molar-refractivity contribution in [3.8, 4) is 0 Å². The van der Waals surface area contributed by atoms with E-state index in [0.29, 0.717) is 6.07 Å². The first-order chi connectivity index (χ1) is 5.82. The molecule has 0 amide bonds. The largest absolute Gasteiger partial charge is 0.417 e. The van der Waals surface area contributed by atoms with E-state index in [4.69, 9.17) is 11.6 Å². The van der Waals surface area contributed by atoms with Crippen LogP contribution in [0.1, 0.15) is 5.56 Å².